The van der Waals surface area contributed by atoms with Crippen LogP contribution in [-0.4, -0.2) is 43.4 Å². The normalized spacial score (nSPS) is 20.3. The van der Waals surface area contributed by atoms with Crippen molar-refractivity contribution in [2.75, 3.05) is 13.6 Å². The molecule has 0 spiro atoms. The van der Waals surface area contributed by atoms with E-state index in [9.17, 15) is 14.4 Å². The maximum Gasteiger partial charge on any atom is 0.243 e. The van der Waals surface area contributed by atoms with E-state index in [1.807, 2.05) is 13.0 Å². The molecule has 0 aromatic rings. The van der Waals surface area contributed by atoms with Crippen molar-refractivity contribution in [1.82, 2.24) is 21.3 Å². The zero-order valence-corrected chi connectivity index (χ0v) is 16.3. The van der Waals surface area contributed by atoms with Crippen LogP contribution >= 0.6 is 0 Å². The minimum Gasteiger partial charge on any atom is -0.389 e. The Balaban J connectivity index is 2.22. The Morgan fingerprint density at radius 1 is 1.04 bits per heavy atom. The molecular formula is C19H34N4O3. The van der Waals surface area contributed by atoms with Crippen LogP contribution in [0.5, 0.6) is 0 Å². The van der Waals surface area contributed by atoms with Crippen molar-refractivity contribution in [3.8, 4) is 0 Å². The molecule has 1 aliphatic rings. The molecule has 4 N–H and O–H groups in total. The Labute approximate surface area is 156 Å². The lowest BCUT2D eigenvalue weighted by atomic mass is 10.0. The fraction of sp³-hybridized carbons (Fsp3) is 0.737. The average Bonchev–Trinajstić information content (AvgIpc) is 2.64. The first-order valence-electron chi connectivity index (χ1n) is 9.72. The molecule has 0 saturated carbocycles. The third kappa shape index (κ3) is 7.89. The molecule has 0 aromatic heterocycles. The number of hydrogen-bond donors (Lipinski definition) is 4. The van der Waals surface area contributed by atoms with Gasteiger partial charge in [0.25, 0.3) is 0 Å². The topological polar surface area (TPSA) is 99.3 Å². The molecule has 26 heavy (non-hydrogen) atoms. The van der Waals surface area contributed by atoms with Gasteiger partial charge in [0.2, 0.25) is 17.7 Å². The van der Waals surface area contributed by atoms with Gasteiger partial charge in [0.15, 0.2) is 0 Å². The molecule has 7 nitrogen and oxygen atoms in total. The van der Waals surface area contributed by atoms with Crippen molar-refractivity contribution < 1.29 is 14.4 Å². The van der Waals surface area contributed by atoms with Crippen molar-refractivity contribution in [1.29, 1.82) is 0 Å². The lowest BCUT2D eigenvalue weighted by Crippen LogP contribution is -2.61. The van der Waals surface area contributed by atoms with Gasteiger partial charge in [-0.3, -0.25) is 14.4 Å². The van der Waals surface area contributed by atoms with Gasteiger partial charge in [-0.15, -0.1) is 0 Å². The summed E-state index contributed by atoms with van der Waals surface area (Å²) in [4.78, 5) is 35.5. The Bertz CT molecular complexity index is 505. The Morgan fingerprint density at radius 2 is 1.65 bits per heavy atom. The summed E-state index contributed by atoms with van der Waals surface area (Å²) < 4.78 is 0. The van der Waals surface area contributed by atoms with E-state index >= 15 is 0 Å². The van der Waals surface area contributed by atoms with Crippen LogP contribution in [0.1, 0.15) is 65.2 Å². The molecule has 2 unspecified atom stereocenters. The SMILES string of the molecule is C/C=C(\CCC(=O)NC)NCCCCC1NC(=O)C(CCCC)NC1=O. The lowest BCUT2D eigenvalue weighted by molar-refractivity contribution is -0.137. The van der Waals surface area contributed by atoms with Crippen LogP contribution in [0.2, 0.25) is 0 Å². The first-order valence-corrected chi connectivity index (χ1v) is 9.72. The van der Waals surface area contributed by atoms with E-state index in [0.29, 0.717) is 25.7 Å². The van der Waals surface area contributed by atoms with E-state index in [2.05, 4.69) is 28.2 Å². The van der Waals surface area contributed by atoms with Crippen LogP contribution in [0, 0.1) is 0 Å². The number of carbonyl (C=O) groups excluding carboxylic acids is 3. The summed E-state index contributed by atoms with van der Waals surface area (Å²) in [7, 11) is 1.64. The van der Waals surface area contributed by atoms with Crippen molar-refractivity contribution in [3.05, 3.63) is 11.8 Å². The Hall–Kier alpha value is -2.05. The molecule has 148 valence electrons. The Morgan fingerprint density at radius 3 is 2.19 bits per heavy atom. The van der Waals surface area contributed by atoms with Crippen LogP contribution in [-0.2, 0) is 14.4 Å². The summed E-state index contributed by atoms with van der Waals surface area (Å²) in [5.74, 6) is -0.104. The largest absolute Gasteiger partial charge is 0.389 e. The van der Waals surface area contributed by atoms with Crippen molar-refractivity contribution in [2.45, 2.75) is 77.3 Å². The van der Waals surface area contributed by atoms with Gasteiger partial charge in [-0.05, 0) is 39.0 Å². The second-order valence-electron chi connectivity index (χ2n) is 6.67. The molecule has 0 radical (unpaired) electrons. The van der Waals surface area contributed by atoms with E-state index in [4.69, 9.17) is 0 Å². The maximum atomic E-state index is 12.1. The lowest BCUT2D eigenvalue weighted by Gasteiger charge is -2.29. The number of rotatable bonds is 12. The molecule has 0 bridgehead atoms. The summed E-state index contributed by atoms with van der Waals surface area (Å²) in [6.45, 7) is 4.80. The quantitative estimate of drug-likeness (QED) is 0.392. The highest BCUT2D eigenvalue weighted by Crippen LogP contribution is 2.10. The second-order valence-corrected chi connectivity index (χ2v) is 6.67. The summed E-state index contributed by atoms with van der Waals surface area (Å²) >= 11 is 0. The van der Waals surface area contributed by atoms with Gasteiger partial charge >= 0.3 is 0 Å². The van der Waals surface area contributed by atoms with Crippen LogP contribution in [0.25, 0.3) is 0 Å². The molecule has 1 rings (SSSR count). The highest BCUT2D eigenvalue weighted by molar-refractivity contribution is 5.96. The third-order valence-corrected chi connectivity index (χ3v) is 4.63. The van der Waals surface area contributed by atoms with E-state index in [1.165, 1.54) is 0 Å². The van der Waals surface area contributed by atoms with Gasteiger partial charge in [-0.2, -0.15) is 0 Å². The standard InChI is InChI=1S/C19H34N4O3/c1-4-6-9-15-18(25)23-16(19(26)22-15)10-7-8-13-21-14(5-2)11-12-17(24)20-3/h5,15-16,21H,4,6-13H2,1-3H3,(H,20,24)(H,22,26)(H,23,25)/b14-5+. The summed E-state index contributed by atoms with van der Waals surface area (Å²) in [6.07, 6.45) is 8.17. The first kappa shape index (κ1) is 22.0. The highest BCUT2D eigenvalue weighted by atomic mass is 16.2. The number of carbonyl (C=O) groups is 3. The molecule has 3 amide bonds. The number of unbranched alkanes of at least 4 members (excludes halogenated alkanes) is 2. The minimum absolute atomic E-state index is 0.0300. The predicted molar refractivity (Wildman–Crippen MR) is 102 cm³/mol. The highest BCUT2D eigenvalue weighted by Gasteiger charge is 2.32. The molecule has 1 fully saturated rings. The summed E-state index contributed by atoms with van der Waals surface area (Å²) in [5.41, 5.74) is 1.05. The molecule has 0 aliphatic carbocycles. The molecule has 1 aliphatic heterocycles. The molecular weight excluding hydrogens is 332 g/mol. The molecule has 1 heterocycles. The van der Waals surface area contributed by atoms with Crippen LogP contribution in [0.3, 0.4) is 0 Å². The van der Waals surface area contributed by atoms with Gasteiger partial charge in [-0.1, -0.05) is 25.8 Å². The molecule has 2 atom stereocenters. The van der Waals surface area contributed by atoms with E-state index in [0.717, 1.165) is 37.9 Å². The number of amides is 3. The van der Waals surface area contributed by atoms with Crippen molar-refractivity contribution in [3.63, 3.8) is 0 Å². The summed E-state index contributed by atoms with van der Waals surface area (Å²) in [5, 5.41) is 11.6. The summed E-state index contributed by atoms with van der Waals surface area (Å²) in [6, 6.07) is -0.798. The number of nitrogens with one attached hydrogen (secondary N) is 4. The predicted octanol–water partition coefficient (Wildman–Crippen LogP) is 1.35. The van der Waals surface area contributed by atoms with E-state index < -0.39 is 6.04 Å². The third-order valence-electron chi connectivity index (χ3n) is 4.63. The van der Waals surface area contributed by atoms with Gasteiger partial charge in [-0.25, -0.2) is 0 Å². The minimum atomic E-state index is -0.421. The van der Waals surface area contributed by atoms with Gasteiger partial charge in [0.05, 0.1) is 0 Å². The Kier molecular flexibility index (Phi) is 10.4. The van der Waals surface area contributed by atoms with Crippen molar-refractivity contribution >= 4 is 17.7 Å². The maximum absolute atomic E-state index is 12.1. The van der Waals surface area contributed by atoms with Gasteiger partial charge in [0, 0.05) is 25.7 Å². The van der Waals surface area contributed by atoms with Crippen LogP contribution < -0.4 is 21.3 Å². The fourth-order valence-electron chi connectivity index (χ4n) is 2.92. The van der Waals surface area contributed by atoms with E-state index in [1.54, 1.807) is 7.05 Å². The average molecular weight is 367 g/mol. The van der Waals surface area contributed by atoms with Crippen molar-refractivity contribution in [2.24, 2.45) is 0 Å². The van der Waals surface area contributed by atoms with Crippen LogP contribution in [0.15, 0.2) is 11.8 Å². The van der Waals surface area contributed by atoms with Crippen LogP contribution in [0.4, 0.5) is 0 Å². The van der Waals surface area contributed by atoms with Gasteiger partial charge in [0.1, 0.15) is 12.1 Å². The van der Waals surface area contributed by atoms with E-state index in [-0.39, 0.29) is 23.8 Å². The monoisotopic (exact) mass is 366 g/mol. The molecule has 0 aromatic carbocycles. The second kappa shape index (κ2) is 12.3. The van der Waals surface area contributed by atoms with Gasteiger partial charge < -0.3 is 21.3 Å². The first-order chi connectivity index (χ1) is 12.5. The number of piperazine rings is 1. The fourth-order valence-corrected chi connectivity index (χ4v) is 2.92. The molecule has 1 saturated heterocycles. The molecule has 7 heteroatoms. The smallest absolute Gasteiger partial charge is 0.243 e. The zero-order valence-electron chi connectivity index (χ0n) is 16.3. The number of allylic oxidation sites excluding steroid dienone is 2. The zero-order chi connectivity index (χ0) is 19.4. The number of hydrogen-bond acceptors (Lipinski definition) is 4.